The van der Waals surface area contributed by atoms with Crippen LogP contribution < -0.4 is 10.2 Å². The highest BCUT2D eigenvalue weighted by atomic mass is 32.1. The second kappa shape index (κ2) is 12.9. The number of methoxy groups -OCH3 is 1. The number of phenols is 1. The lowest BCUT2D eigenvalue weighted by atomic mass is 10.1. The van der Waals surface area contributed by atoms with E-state index in [0.29, 0.717) is 41.7 Å². The number of aromatic hydroxyl groups is 1. The van der Waals surface area contributed by atoms with Crippen LogP contribution in [0.3, 0.4) is 0 Å². The quantitative estimate of drug-likeness (QED) is 0.250. The number of ether oxygens (including phenoxy) is 3. The van der Waals surface area contributed by atoms with Gasteiger partial charge in [0.1, 0.15) is 30.5 Å². The van der Waals surface area contributed by atoms with Gasteiger partial charge in [0.15, 0.2) is 0 Å². The van der Waals surface area contributed by atoms with Crippen molar-refractivity contribution in [1.29, 1.82) is 0 Å². The molecule has 38 heavy (non-hydrogen) atoms. The van der Waals surface area contributed by atoms with Crippen LogP contribution in [0.15, 0.2) is 41.2 Å². The number of fused-ring (bicyclic) bond motifs is 1. The van der Waals surface area contributed by atoms with Gasteiger partial charge in [0.2, 0.25) is 0 Å². The van der Waals surface area contributed by atoms with Gasteiger partial charge in [-0.15, -0.1) is 0 Å². The summed E-state index contributed by atoms with van der Waals surface area (Å²) < 4.78 is 15.5. The Hall–Kier alpha value is -3.41. The molecule has 10 nitrogen and oxygen atoms in total. The van der Waals surface area contributed by atoms with Crippen molar-refractivity contribution in [3.05, 3.63) is 62.8 Å². The minimum Gasteiger partial charge on any atom is -0.506 e. The Labute approximate surface area is 225 Å². The molecule has 1 heterocycles. The number of hydrogen-bond donors (Lipinski definition) is 3. The van der Waals surface area contributed by atoms with E-state index in [1.54, 1.807) is 36.3 Å². The smallest absolute Gasteiger partial charge is 0.410 e. The third kappa shape index (κ3) is 8.04. The van der Waals surface area contributed by atoms with Crippen LogP contribution in [0.5, 0.6) is 5.75 Å². The molecule has 206 valence electrons. The van der Waals surface area contributed by atoms with Gasteiger partial charge in [-0.1, -0.05) is 29.5 Å². The normalized spacial score (nSPS) is 12.3. The van der Waals surface area contributed by atoms with Gasteiger partial charge in [-0.25, -0.2) is 4.79 Å². The number of thiazole rings is 1. The first-order valence-corrected chi connectivity index (χ1v) is 13.1. The molecule has 0 aliphatic rings. The highest BCUT2D eigenvalue weighted by Crippen LogP contribution is 2.28. The number of hydrogen-bond acceptors (Lipinski definition) is 7. The molecule has 0 fully saturated rings. The van der Waals surface area contributed by atoms with E-state index >= 15 is 0 Å². The first-order valence-electron chi connectivity index (χ1n) is 12.3. The Morgan fingerprint density at radius 1 is 1.18 bits per heavy atom. The van der Waals surface area contributed by atoms with Gasteiger partial charge in [-0.05, 0) is 62.9 Å². The summed E-state index contributed by atoms with van der Waals surface area (Å²) in [4.78, 5) is 41.5. The molecular formula is C27H36N3O7S+. The lowest BCUT2D eigenvalue weighted by Crippen LogP contribution is -2.39. The SMILES string of the molecule is COC(CNC(=O)c1cccc(CCN(CCc2ccc(O)c3[nH]c(=O)sc23)C(=O)OC(C)(C)C)c1)[OH+]C. The van der Waals surface area contributed by atoms with Gasteiger partial charge < -0.3 is 34.5 Å². The predicted molar refractivity (Wildman–Crippen MR) is 147 cm³/mol. The molecule has 1 aromatic heterocycles. The average Bonchev–Trinajstić information content (AvgIpc) is 3.27. The molecule has 2 aromatic carbocycles. The molecule has 3 rings (SSSR count). The fraction of sp³-hybridized carbons (Fsp3) is 0.444. The first-order chi connectivity index (χ1) is 18.0. The summed E-state index contributed by atoms with van der Waals surface area (Å²) in [5, 5.41) is 12.9. The largest absolute Gasteiger partial charge is 0.506 e. The predicted octanol–water partition coefficient (Wildman–Crippen LogP) is 3.18. The Kier molecular flexibility index (Phi) is 9.90. The highest BCUT2D eigenvalue weighted by molar-refractivity contribution is 7.16. The van der Waals surface area contributed by atoms with Crippen LogP contribution in [-0.4, -0.2) is 77.5 Å². The Morgan fingerprint density at radius 3 is 2.61 bits per heavy atom. The van der Waals surface area contributed by atoms with Crippen molar-refractivity contribution in [2.75, 3.05) is 33.9 Å². The molecule has 4 N–H and O–H groups in total. The van der Waals surface area contributed by atoms with Gasteiger partial charge in [0.25, 0.3) is 12.2 Å². The van der Waals surface area contributed by atoms with E-state index in [1.165, 1.54) is 13.2 Å². The Morgan fingerprint density at radius 2 is 1.92 bits per heavy atom. The van der Waals surface area contributed by atoms with Crippen LogP contribution in [0.4, 0.5) is 4.79 Å². The molecule has 0 bridgehead atoms. The summed E-state index contributed by atoms with van der Waals surface area (Å²) in [5.41, 5.74) is 1.99. The topological polar surface area (TPSA) is 134 Å². The van der Waals surface area contributed by atoms with Crippen molar-refractivity contribution < 1.29 is 28.9 Å². The summed E-state index contributed by atoms with van der Waals surface area (Å²) in [6, 6.07) is 10.5. The number of carbonyl (C=O) groups excluding carboxylic acids is 2. The van der Waals surface area contributed by atoms with Crippen molar-refractivity contribution in [2.45, 2.75) is 45.5 Å². The molecule has 2 amide bonds. The number of rotatable bonds is 11. The fourth-order valence-electron chi connectivity index (χ4n) is 3.84. The second-order valence-corrected chi connectivity index (χ2v) is 10.8. The Balaban J connectivity index is 1.71. The minimum atomic E-state index is -0.663. The van der Waals surface area contributed by atoms with E-state index in [4.69, 9.17) is 9.47 Å². The van der Waals surface area contributed by atoms with Gasteiger partial charge in [-0.3, -0.25) is 9.59 Å². The zero-order valence-corrected chi connectivity index (χ0v) is 23.2. The van der Waals surface area contributed by atoms with Crippen molar-refractivity contribution in [1.82, 2.24) is 15.2 Å². The van der Waals surface area contributed by atoms with Crippen LogP contribution in [0.2, 0.25) is 0 Å². The van der Waals surface area contributed by atoms with E-state index in [-0.39, 0.29) is 23.1 Å². The monoisotopic (exact) mass is 546 g/mol. The Bertz CT molecular complexity index is 1310. The molecule has 0 aliphatic heterocycles. The summed E-state index contributed by atoms with van der Waals surface area (Å²) >= 11 is 1.03. The number of H-pyrrole nitrogens is 1. The summed E-state index contributed by atoms with van der Waals surface area (Å²) in [6.07, 6.45) is 0.118. The van der Waals surface area contributed by atoms with Crippen molar-refractivity contribution >= 4 is 33.6 Å². The number of aromatic amines is 1. The van der Waals surface area contributed by atoms with E-state index in [2.05, 4.69) is 15.0 Å². The van der Waals surface area contributed by atoms with E-state index in [0.717, 1.165) is 22.5 Å². The number of nitrogens with one attached hydrogen (secondary N) is 2. The number of carbonyl (C=O) groups is 2. The van der Waals surface area contributed by atoms with Crippen molar-refractivity contribution in [2.24, 2.45) is 0 Å². The van der Waals surface area contributed by atoms with Crippen molar-refractivity contribution in [3.8, 4) is 5.75 Å². The molecule has 11 heteroatoms. The molecule has 0 radical (unpaired) electrons. The summed E-state index contributed by atoms with van der Waals surface area (Å²) in [7, 11) is 3.16. The number of benzene rings is 2. The second-order valence-electron chi connectivity index (χ2n) is 9.79. The van der Waals surface area contributed by atoms with Crippen LogP contribution in [0.25, 0.3) is 10.2 Å². The number of phenolic OH excluding ortho intramolecular Hbond substituents is 1. The molecule has 0 saturated heterocycles. The molecule has 0 saturated carbocycles. The number of nitrogens with zero attached hydrogens (tertiary/aromatic N) is 1. The lowest BCUT2D eigenvalue weighted by molar-refractivity contribution is -0.197. The highest BCUT2D eigenvalue weighted by Gasteiger charge is 2.23. The summed E-state index contributed by atoms with van der Waals surface area (Å²) in [6.45, 7) is 6.41. The van der Waals surface area contributed by atoms with Crippen LogP contribution >= 0.6 is 11.3 Å². The maximum Gasteiger partial charge on any atom is 0.410 e. The van der Waals surface area contributed by atoms with Gasteiger partial charge in [0.05, 0.1) is 4.70 Å². The third-order valence-corrected chi connectivity index (χ3v) is 6.76. The molecule has 0 spiro atoms. The minimum absolute atomic E-state index is 0.0110. The van der Waals surface area contributed by atoms with Gasteiger partial charge >= 0.3 is 11.0 Å². The zero-order chi connectivity index (χ0) is 27.9. The molecular weight excluding hydrogens is 510 g/mol. The third-order valence-electron chi connectivity index (χ3n) is 5.80. The van der Waals surface area contributed by atoms with E-state index < -0.39 is 18.0 Å². The van der Waals surface area contributed by atoms with Crippen LogP contribution in [0, 0.1) is 0 Å². The fourth-order valence-corrected chi connectivity index (χ4v) is 4.74. The number of aliphatic hydroxyl groups is 2. The number of amides is 2. The summed E-state index contributed by atoms with van der Waals surface area (Å²) in [5.74, 6) is -0.222. The van der Waals surface area contributed by atoms with Gasteiger partial charge in [0, 0.05) is 25.8 Å². The average molecular weight is 547 g/mol. The molecule has 0 aliphatic carbocycles. The molecule has 3 aromatic rings. The molecule has 1 unspecified atom stereocenters. The van der Waals surface area contributed by atoms with E-state index in [1.807, 2.05) is 26.8 Å². The number of aromatic nitrogens is 1. The molecule has 1 atom stereocenters. The lowest BCUT2D eigenvalue weighted by Gasteiger charge is -2.27. The standard InChI is InChI=1S/C27H35N3O7S/c1-27(2,3)37-26(34)30(14-12-18-9-10-20(31)22-23(18)38-25(33)29-22)13-11-17-7-6-8-19(15-17)24(32)28-16-21(35-4)36-5/h6-10,15,21,31H,11-14,16H2,1-5H3,(H,28,32)(H,29,33)/p+1. The van der Waals surface area contributed by atoms with E-state index in [9.17, 15) is 19.5 Å². The zero-order valence-electron chi connectivity index (χ0n) is 22.4. The maximum atomic E-state index is 13.0. The van der Waals surface area contributed by atoms with Crippen LogP contribution in [0.1, 0.15) is 42.3 Å². The van der Waals surface area contributed by atoms with Gasteiger partial charge in [-0.2, -0.15) is 0 Å². The van der Waals surface area contributed by atoms with Crippen molar-refractivity contribution in [3.63, 3.8) is 0 Å². The first kappa shape index (κ1) is 29.2. The van der Waals surface area contributed by atoms with Crippen LogP contribution in [-0.2, 0) is 22.3 Å². The maximum absolute atomic E-state index is 13.0.